The molecule has 0 fully saturated rings. The smallest absolute Gasteiger partial charge is 0.462 e. The molecule has 0 bridgehead atoms. The van der Waals surface area contributed by atoms with Gasteiger partial charge in [0.15, 0.2) is 12.2 Å². The summed E-state index contributed by atoms with van der Waals surface area (Å²) in [5.41, 5.74) is 0. The maximum atomic E-state index is 13.2. The lowest BCUT2D eigenvalue weighted by Gasteiger charge is -2.21. The minimum atomic E-state index is -4.97. The van der Waals surface area contributed by atoms with Crippen molar-refractivity contribution in [3.63, 3.8) is 0 Å². The van der Waals surface area contributed by atoms with E-state index in [2.05, 4.69) is 55.4 Å². The topological polar surface area (TPSA) is 237 Å². The minimum absolute atomic E-state index is 0.107. The Labute approximate surface area is 670 Å². The highest BCUT2D eigenvalue weighted by molar-refractivity contribution is 7.47. The molecule has 8 atom stereocenters. The number of aliphatic hydroxyl groups is 1. The van der Waals surface area contributed by atoms with Crippen LogP contribution in [-0.2, 0) is 65.4 Å². The van der Waals surface area contributed by atoms with Crippen LogP contribution in [0.1, 0.15) is 473 Å². The summed E-state index contributed by atoms with van der Waals surface area (Å²) in [6.07, 6.45) is 69.4. The minimum Gasteiger partial charge on any atom is -0.462 e. The number of carbonyl (C=O) groups is 4. The van der Waals surface area contributed by atoms with Gasteiger partial charge in [-0.1, -0.05) is 421 Å². The molecule has 0 aliphatic rings. The molecular formula is C90H176O17P2. The summed E-state index contributed by atoms with van der Waals surface area (Å²) in [6, 6.07) is 0. The largest absolute Gasteiger partial charge is 0.472 e. The molecule has 0 saturated heterocycles. The molecule has 0 rings (SSSR count). The molecule has 3 N–H and O–H groups in total. The standard InChI is InChI=1S/C90H176O17P2/c1-9-81(6)67-59-51-43-37-31-25-19-14-12-13-15-20-27-33-39-45-54-62-70-87(92)100-76-85(106-89(94)72-64-56-46-40-34-28-21-17-16-18-24-30-36-42-50-58-66-80(4)5)78-104-108(96,97)102-74-84(91)75-103-109(98,99)105-79-86(77-101-88(93)71-63-55-49-48-53-61-69-83(8)11-3)107-90(95)73-65-57-47-41-35-29-23-22-26-32-38-44-52-60-68-82(7)10-2/h80-86,91H,9-79H2,1-8H3,(H,96,97)(H,98,99)/t81?,82?,83?,84-,85-,86-/m1/s1. The van der Waals surface area contributed by atoms with Gasteiger partial charge in [-0.05, 0) is 49.4 Å². The third-order valence-corrected chi connectivity index (χ3v) is 24.1. The SMILES string of the molecule is CCC(C)CCCCCCCCCCCCCCCCCCCCC(=O)OC[C@H](COP(=O)(O)OC[C@@H](O)COP(=O)(O)OC[C@@H](COC(=O)CCCCCCCCC(C)CC)OC(=O)CCCCCCCCCCCCCCCCC(C)CC)OC(=O)CCCCCCCCCCCCCCCCCCC(C)C. The van der Waals surface area contributed by atoms with Gasteiger partial charge in [-0.15, -0.1) is 0 Å². The molecule has 0 heterocycles. The summed E-state index contributed by atoms with van der Waals surface area (Å²) in [4.78, 5) is 73.4. The number of carbonyl (C=O) groups excluding carboxylic acids is 4. The Morgan fingerprint density at radius 3 is 0.651 bits per heavy atom. The van der Waals surface area contributed by atoms with Crippen LogP contribution in [0.4, 0.5) is 0 Å². The number of aliphatic hydroxyl groups excluding tert-OH is 1. The zero-order valence-corrected chi connectivity index (χ0v) is 74.0. The van der Waals surface area contributed by atoms with Crippen molar-refractivity contribution in [3.05, 3.63) is 0 Å². The van der Waals surface area contributed by atoms with Crippen LogP contribution in [0.2, 0.25) is 0 Å². The fourth-order valence-electron chi connectivity index (χ4n) is 13.9. The summed E-state index contributed by atoms with van der Waals surface area (Å²) in [5, 5.41) is 10.7. The van der Waals surface area contributed by atoms with E-state index in [0.717, 1.165) is 120 Å². The molecule has 5 unspecified atom stereocenters. The van der Waals surface area contributed by atoms with Crippen LogP contribution in [0.3, 0.4) is 0 Å². The monoisotopic (exact) mass is 1590 g/mol. The van der Waals surface area contributed by atoms with Gasteiger partial charge >= 0.3 is 39.5 Å². The molecular weight excluding hydrogens is 1410 g/mol. The number of phosphoric acid groups is 2. The number of unbranched alkanes of at least 4 members (excludes halogenated alkanes) is 50. The summed E-state index contributed by atoms with van der Waals surface area (Å²) >= 11 is 0. The summed E-state index contributed by atoms with van der Waals surface area (Å²) in [7, 11) is -9.94. The first-order valence-electron chi connectivity index (χ1n) is 46.3. The first-order chi connectivity index (χ1) is 52.7. The van der Waals surface area contributed by atoms with Gasteiger partial charge < -0.3 is 33.8 Å². The predicted molar refractivity (Wildman–Crippen MR) is 451 cm³/mol. The molecule has 109 heavy (non-hydrogen) atoms. The Morgan fingerprint density at radius 1 is 0.257 bits per heavy atom. The number of ether oxygens (including phenoxy) is 4. The second kappa shape index (κ2) is 78.6. The van der Waals surface area contributed by atoms with E-state index in [-0.39, 0.29) is 25.7 Å². The van der Waals surface area contributed by atoms with Crippen molar-refractivity contribution in [1.29, 1.82) is 0 Å². The lowest BCUT2D eigenvalue weighted by Crippen LogP contribution is -2.30. The van der Waals surface area contributed by atoms with Crippen molar-refractivity contribution in [2.24, 2.45) is 23.7 Å². The average Bonchev–Trinajstić information content (AvgIpc) is 0.896. The number of phosphoric ester groups is 2. The van der Waals surface area contributed by atoms with E-state index in [1.165, 1.54) is 270 Å². The first kappa shape index (κ1) is 107. The van der Waals surface area contributed by atoms with Crippen molar-refractivity contribution in [2.75, 3.05) is 39.6 Å². The predicted octanol–water partition coefficient (Wildman–Crippen LogP) is 27.5. The van der Waals surface area contributed by atoms with Gasteiger partial charge in [0.1, 0.15) is 19.3 Å². The fourth-order valence-corrected chi connectivity index (χ4v) is 15.5. The highest BCUT2D eigenvalue weighted by Crippen LogP contribution is 2.45. The van der Waals surface area contributed by atoms with Crippen molar-refractivity contribution in [3.8, 4) is 0 Å². The molecule has 648 valence electrons. The number of esters is 4. The Bertz CT molecular complexity index is 2120. The third kappa shape index (κ3) is 79.7. The van der Waals surface area contributed by atoms with E-state index in [1.54, 1.807) is 0 Å². The molecule has 0 aliphatic carbocycles. The number of rotatable bonds is 87. The summed E-state index contributed by atoms with van der Waals surface area (Å²) in [5.74, 6) is 1.16. The van der Waals surface area contributed by atoms with Crippen LogP contribution in [0, 0.1) is 23.7 Å². The maximum absolute atomic E-state index is 13.2. The molecule has 17 nitrogen and oxygen atoms in total. The van der Waals surface area contributed by atoms with Gasteiger partial charge in [-0.2, -0.15) is 0 Å². The summed E-state index contributed by atoms with van der Waals surface area (Å²) in [6.45, 7) is 14.4. The summed E-state index contributed by atoms with van der Waals surface area (Å²) < 4.78 is 69.0. The molecule has 0 spiro atoms. The Morgan fingerprint density at radius 2 is 0.440 bits per heavy atom. The van der Waals surface area contributed by atoms with E-state index in [4.69, 9.17) is 37.0 Å². The van der Waals surface area contributed by atoms with Gasteiger partial charge in [0.2, 0.25) is 0 Å². The Kier molecular flexibility index (Phi) is 77.2. The molecule has 0 amide bonds. The molecule has 0 radical (unpaired) electrons. The van der Waals surface area contributed by atoms with E-state index in [0.29, 0.717) is 25.7 Å². The number of hydrogen-bond donors (Lipinski definition) is 3. The van der Waals surface area contributed by atoms with Crippen molar-refractivity contribution in [2.45, 2.75) is 491 Å². The maximum Gasteiger partial charge on any atom is 0.472 e. The van der Waals surface area contributed by atoms with Gasteiger partial charge in [-0.25, -0.2) is 9.13 Å². The van der Waals surface area contributed by atoms with Crippen LogP contribution in [0.5, 0.6) is 0 Å². The van der Waals surface area contributed by atoms with Crippen molar-refractivity contribution < 1.29 is 80.2 Å². The Balaban J connectivity index is 5.22. The van der Waals surface area contributed by atoms with Gasteiger partial charge in [0.05, 0.1) is 26.4 Å². The Hall–Kier alpha value is -1.94. The molecule has 0 aromatic heterocycles. The van der Waals surface area contributed by atoms with Gasteiger partial charge in [0, 0.05) is 25.7 Å². The van der Waals surface area contributed by atoms with Gasteiger partial charge in [-0.3, -0.25) is 37.3 Å². The molecule has 0 aromatic rings. The van der Waals surface area contributed by atoms with E-state index in [9.17, 15) is 43.2 Å². The zero-order valence-electron chi connectivity index (χ0n) is 72.2. The quantitative estimate of drug-likeness (QED) is 0.0222. The molecule has 0 aliphatic heterocycles. The second-order valence-corrected chi connectivity index (χ2v) is 36.5. The van der Waals surface area contributed by atoms with E-state index < -0.39 is 97.5 Å². The second-order valence-electron chi connectivity index (χ2n) is 33.5. The van der Waals surface area contributed by atoms with Crippen LogP contribution < -0.4 is 0 Å². The van der Waals surface area contributed by atoms with E-state index in [1.807, 2.05) is 0 Å². The van der Waals surface area contributed by atoms with Crippen molar-refractivity contribution >= 4 is 39.5 Å². The van der Waals surface area contributed by atoms with E-state index >= 15 is 0 Å². The van der Waals surface area contributed by atoms with Crippen LogP contribution >= 0.6 is 15.6 Å². The van der Waals surface area contributed by atoms with Crippen LogP contribution in [0.15, 0.2) is 0 Å². The van der Waals surface area contributed by atoms with Crippen LogP contribution in [0.25, 0.3) is 0 Å². The normalized spacial score (nSPS) is 14.6. The number of hydrogen-bond acceptors (Lipinski definition) is 15. The van der Waals surface area contributed by atoms with Crippen LogP contribution in [-0.4, -0.2) is 96.7 Å². The third-order valence-electron chi connectivity index (χ3n) is 22.2. The zero-order chi connectivity index (χ0) is 80.2. The van der Waals surface area contributed by atoms with Gasteiger partial charge in [0.25, 0.3) is 0 Å². The highest BCUT2D eigenvalue weighted by Gasteiger charge is 2.31. The average molecular weight is 1590 g/mol. The lowest BCUT2D eigenvalue weighted by atomic mass is 9.99. The molecule has 0 aromatic carbocycles. The molecule has 0 saturated carbocycles. The molecule has 19 heteroatoms. The lowest BCUT2D eigenvalue weighted by molar-refractivity contribution is -0.161. The first-order valence-corrected chi connectivity index (χ1v) is 49.3. The van der Waals surface area contributed by atoms with Crippen molar-refractivity contribution in [1.82, 2.24) is 0 Å². The highest BCUT2D eigenvalue weighted by atomic mass is 31.2. The fraction of sp³-hybridized carbons (Fsp3) is 0.956.